The number of amides is 2. The predicted octanol–water partition coefficient (Wildman–Crippen LogP) is 5.19. The van der Waals surface area contributed by atoms with Gasteiger partial charge in [-0.3, -0.25) is 9.59 Å². The van der Waals surface area contributed by atoms with E-state index >= 15 is 0 Å². The average Bonchev–Trinajstić information content (AvgIpc) is 3.28. The average molecular weight is 429 g/mol. The third kappa shape index (κ3) is 3.59. The summed E-state index contributed by atoms with van der Waals surface area (Å²) >= 11 is 1.77. The van der Waals surface area contributed by atoms with Crippen LogP contribution in [-0.4, -0.2) is 28.2 Å². The number of nitrogens with zero attached hydrogens (tertiary/aromatic N) is 2. The fraction of sp³-hybridized carbons (Fsp3) is 0.231. The maximum atomic E-state index is 13.7. The highest BCUT2D eigenvalue weighted by Crippen LogP contribution is 2.40. The van der Waals surface area contributed by atoms with Crippen molar-refractivity contribution in [1.29, 1.82) is 0 Å². The number of thiophene rings is 1. The summed E-state index contributed by atoms with van der Waals surface area (Å²) in [5, 5.41) is 2.12. The van der Waals surface area contributed by atoms with Gasteiger partial charge in [0.15, 0.2) is 0 Å². The van der Waals surface area contributed by atoms with Gasteiger partial charge in [-0.25, -0.2) is 0 Å². The maximum absolute atomic E-state index is 13.7. The molecule has 0 spiro atoms. The van der Waals surface area contributed by atoms with Crippen molar-refractivity contribution < 1.29 is 9.59 Å². The van der Waals surface area contributed by atoms with Crippen molar-refractivity contribution in [2.24, 2.45) is 0 Å². The normalized spacial score (nSPS) is 19.6. The third-order valence-electron chi connectivity index (χ3n) is 6.24. The van der Waals surface area contributed by atoms with Crippen molar-refractivity contribution in [3.63, 3.8) is 0 Å². The molecule has 0 radical (unpaired) electrons. The number of fused-ring (bicyclic) bond motifs is 2. The minimum Gasteiger partial charge on any atom is -0.331 e. The van der Waals surface area contributed by atoms with Gasteiger partial charge < -0.3 is 9.80 Å². The second-order valence-corrected chi connectivity index (χ2v) is 9.04. The Morgan fingerprint density at radius 2 is 1.77 bits per heavy atom. The Bertz CT molecular complexity index is 1150. The number of rotatable bonds is 3. The molecule has 2 aliphatic heterocycles. The Morgan fingerprint density at radius 1 is 1.00 bits per heavy atom. The van der Waals surface area contributed by atoms with Crippen LogP contribution < -0.4 is 0 Å². The molecular weight excluding hydrogens is 404 g/mol. The van der Waals surface area contributed by atoms with E-state index in [4.69, 9.17) is 0 Å². The monoisotopic (exact) mass is 428 g/mol. The highest BCUT2D eigenvalue weighted by molar-refractivity contribution is 7.10. The van der Waals surface area contributed by atoms with E-state index in [1.165, 1.54) is 10.4 Å². The molecule has 0 unspecified atom stereocenters. The summed E-state index contributed by atoms with van der Waals surface area (Å²) in [6, 6.07) is 20.0. The largest absolute Gasteiger partial charge is 0.331 e. The van der Waals surface area contributed by atoms with Crippen molar-refractivity contribution in [2.75, 3.05) is 6.54 Å². The molecule has 0 saturated heterocycles. The number of carbonyl (C=O) groups excluding carboxylic acids is 2. The Labute approximate surface area is 186 Å². The van der Waals surface area contributed by atoms with Gasteiger partial charge in [0.2, 0.25) is 11.8 Å². The lowest BCUT2D eigenvalue weighted by Gasteiger charge is -2.39. The van der Waals surface area contributed by atoms with Crippen LogP contribution in [0.2, 0.25) is 0 Å². The van der Waals surface area contributed by atoms with Crippen molar-refractivity contribution in [2.45, 2.75) is 31.8 Å². The predicted molar refractivity (Wildman–Crippen MR) is 123 cm³/mol. The van der Waals surface area contributed by atoms with Gasteiger partial charge in [0.1, 0.15) is 0 Å². The molecule has 3 aromatic rings. The van der Waals surface area contributed by atoms with E-state index in [0.29, 0.717) is 6.54 Å². The lowest BCUT2D eigenvalue weighted by molar-refractivity contribution is -0.136. The van der Waals surface area contributed by atoms with Crippen molar-refractivity contribution in [1.82, 2.24) is 9.80 Å². The molecule has 0 saturated carbocycles. The topological polar surface area (TPSA) is 40.6 Å². The quantitative estimate of drug-likeness (QED) is 0.576. The van der Waals surface area contributed by atoms with Crippen LogP contribution >= 0.6 is 11.3 Å². The van der Waals surface area contributed by atoms with Gasteiger partial charge in [-0.2, -0.15) is 0 Å². The van der Waals surface area contributed by atoms with E-state index in [0.717, 1.165) is 23.1 Å². The minimum absolute atomic E-state index is 0.0538. The Balaban J connectivity index is 1.49. The Morgan fingerprint density at radius 3 is 2.58 bits per heavy atom. The van der Waals surface area contributed by atoms with Gasteiger partial charge in [0.05, 0.1) is 18.5 Å². The van der Waals surface area contributed by atoms with Crippen molar-refractivity contribution in [3.8, 4) is 0 Å². The molecule has 2 amide bonds. The molecule has 31 heavy (non-hydrogen) atoms. The van der Waals surface area contributed by atoms with Crippen LogP contribution in [0.25, 0.3) is 6.08 Å². The van der Waals surface area contributed by atoms with E-state index in [9.17, 15) is 9.59 Å². The maximum Gasteiger partial charge on any atom is 0.225 e. The summed E-state index contributed by atoms with van der Waals surface area (Å²) in [6.45, 7) is 2.25. The molecule has 2 atom stereocenters. The van der Waals surface area contributed by atoms with Gasteiger partial charge in [0, 0.05) is 24.5 Å². The number of benzene rings is 2. The van der Waals surface area contributed by atoms with Gasteiger partial charge in [-0.05, 0) is 46.2 Å². The van der Waals surface area contributed by atoms with Crippen LogP contribution in [0.15, 0.2) is 72.2 Å². The lowest BCUT2D eigenvalue weighted by atomic mass is 9.90. The van der Waals surface area contributed by atoms with Crippen LogP contribution in [-0.2, 0) is 16.0 Å². The summed E-state index contributed by atoms with van der Waals surface area (Å²) in [5.74, 6) is 0.0222. The van der Waals surface area contributed by atoms with Crippen molar-refractivity contribution in [3.05, 3.63) is 99.4 Å². The van der Waals surface area contributed by atoms with Crippen LogP contribution in [0.3, 0.4) is 0 Å². The first-order valence-electron chi connectivity index (χ1n) is 10.6. The molecule has 0 fully saturated rings. The Hall–Kier alpha value is -3.18. The fourth-order valence-electron chi connectivity index (χ4n) is 4.78. The number of hydrogen-bond donors (Lipinski definition) is 0. The van der Waals surface area contributed by atoms with E-state index in [-0.39, 0.29) is 30.3 Å². The zero-order chi connectivity index (χ0) is 21.4. The molecule has 0 bridgehead atoms. The van der Waals surface area contributed by atoms with Crippen molar-refractivity contribution >= 4 is 29.2 Å². The zero-order valence-corrected chi connectivity index (χ0v) is 18.2. The second-order valence-electron chi connectivity index (χ2n) is 8.04. The zero-order valence-electron chi connectivity index (χ0n) is 17.4. The number of hydrogen-bond acceptors (Lipinski definition) is 3. The number of carbonyl (C=O) groups is 2. The second kappa shape index (κ2) is 8.16. The highest BCUT2D eigenvalue weighted by Gasteiger charge is 2.36. The summed E-state index contributed by atoms with van der Waals surface area (Å²) in [5.41, 5.74) is 4.44. The molecule has 0 aliphatic carbocycles. The smallest absolute Gasteiger partial charge is 0.225 e. The minimum atomic E-state index is -0.286. The molecule has 1 aromatic heterocycles. The first-order valence-corrected chi connectivity index (χ1v) is 11.5. The fourth-order valence-corrected chi connectivity index (χ4v) is 5.68. The highest BCUT2D eigenvalue weighted by atomic mass is 32.1. The first-order chi connectivity index (χ1) is 15.1. The lowest BCUT2D eigenvalue weighted by Crippen LogP contribution is -2.42. The SMILES string of the molecule is CC(=O)N1C=Cc2ccccc2[C@@H]1CC(=O)N1CCc2sccc2[C@H]1c1ccccc1. The first kappa shape index (κ1) is 19.8. The molecule has 0 N–H and O–H groups in total. The molecule has 3 heterocycles. The van der Waals surface area contributed by atoms with Gasteiger partial charge >= 0.3 is 0 Å². The summed E-state index contributed by atoms with van der Waals surface area (Å²) in [4.78, 5) is 31.1. The summed E-state index contributed by atoms with van der Waals surface area (Å²) in [6.07, 6.45) is 4.90. The van der Waals surface area contributed by atoms with E-state index < -0.39 is 0 Å². The van der Waals surface area contributed by atoms with Gasteiger partial charge in [-0.1, -0.05) is 54.6 Å². The molecule has 2 aromatic carbocycles. The van der Waals surface area contributed by atoms with E-state index in [2.05, 4.69) is 23.6 Å². The van der Waals surface area contributed by atoms with Gasteiger partial charge in [-0.15, -0.1) is 11.3 Å². The van der Waals surface area contributed by atoms with Crippen LogP contribution in [0.5, 0.6) is 0 Å². The van der Waals surface area contributed by atoms with E-state index in [1.54, 1.807) is 23.2 Å². The van der Waals surface area contributed by atoms with Crippen LogP contribution in [0.4, 0.5) is 0 Å². The van der Waals surface area contributed by atoms with Crippen LogP contribution in [0.1, 0.15) is 52.6 Å². The molecule has 5 heteroatoms. The molecule has 5 rings (SSSR count). The molecule has 4 nitrogen and oxygen atoms in total. The van der Waals surface area contributed by atoms with Gasteiger partial charge in [0.25, 0.3) is 0 Å². The summed E-state index contributed by atoms with van der Waals surface area (Å²) < 4.78 is 0. The third-order valence-corrected chi connectivity index (χ3v) is 7.24. The molecular formula is C26H24N2O2S. The van der Waals surface area contributed by atoms with E-state index in [1.807, 2.05) is 59.6 Å². The summed E-state index contributed by atoms with van der Waals surface area (Å²) in [7, 11) is 0. The molecule has 156 valence electrons. The molecule has 2 aliphatic rings. The Kier molecular flexibility index (Phi) is 5.20. The standard InChI is InChI=1S/C26H24N2O2S/c1-18(29)27-14-11-19-7-5-6-10-21(19)23(27)17-25(30)28-15-12-24-22(13-16-31-24)26(28)20-8-3-2-4-9-20/h2-11,13-14,16,23,26H,12,15,17H2,1H3/t23-,26+/m0/s1. The van der Waals surface area contributed by atoms with Crippen LogP contribution in [0, 0.1) is 0 Å².